The molecular formula is C11H7ClFNO3. The van der Waals surface area contributed by atoms with E-state index in [-0.39, 0.29) is 22.0 Å². The van der Waals surface area contributed by atoms with Gasteiger partial charge in [0.1, 0.15) is 6.67 Å². The Morgan fingerprint density at radius 3 is 2.88 bits per heavy atom. The molecule has 0 saturated carbocycles. The highest BCUT2D eigenvalue weighted by atomic mass is 35.5. The third-order valence-corrected chi connectivity index (χ3v) is 2.60. The van der Waals surface area contributed by atoms with Crippen LogP contribution in [0.25, 0.3) is 11.3 Å². The van der Waals surface area contributed by atoms with Crippen LogP contribution in [0.15, 0.2) is 28.8 Å². The monoisotopic (exact) mass is 255 g/mol. The molecule has 88 valence electrons. The Kier molecular flexibility index (Phi) is 3.10. The van der Waals surface area contributed by atoms with Crippen molar-refractivity contribution in [2.75, 3.05) is 0 Å². The number of carboxylic acid groups (broad SMARTS) is 1. The predicted molar refractivity (Wildman–Crippen MR) is 58.7 cm³/mol. The van der Waals surface area contributed by atoms with Crippen molar-refractivity contribution >= 4 is 17.6 Å². The quantitative estimate of drug-likeness (QED) is 0.915. The molecule has 0 atom stereocenters. The van der Waals surface area contributed by atoms with Gasteiger partial charge in [-0.1, -0.05) is 28.9 Å². The largest absolute Gasteiger partial charge is 0.476 e. The van der Waals surface area contributed by atoms with E-state index < -0.39 is 12.6 Å². The first-order valence-corrected chi connectivity index (χ1v) is 5.05. The van der Waals surface area contributed by atoms with Gasteiger partial charge in [0.2, 0.25) is 0 Å². The van der Waals surface area contributed by atoms with Crippen molar-refractivity contribution in [2.45, 2.75) is 6.67 Å². The van der Waals surface area contributed by atoms with Crippen molar-refractivity contribution in [3.63, 3.8) is 0 Å². The summed E-state index contributed by atoms with van der Waals surface area (Å²) in [6.45, 7) is -0.766. The molecule has 0 fully saturated rings. The fourth-order valence-corrected chi connectivity index (χ4v) is 1.65. The molecule has 1 aromatic carbocycles. The van der Waals surface area contributed by atoms with Gasteiger partial charge < -0.3 is 9.63 Å². The summed E-state index contributed by atoms with van der Waals surface area (Å²) in [6, 6.07) is 5.99. The van der Waals surface area contributed by atoms with Gasteiger partial charge in [0.15, 0.2) is 11.5 Å². The van der Waals surface area contributed by atoms with E-state index in [0.29, 0.717) is 5.56 Å². The molecule has 1 heterocycles. The van der Waals surface area contributed by atoms with E-state index in [1.165, 1.54) is 6.07 Å². The molecule has 2 rings (SSSR count). The van der Waals surface area contributed by atoms with Gasteiger partial charge in [-0.15, -0.1) is 0 Å². The second-order valence-electron chi connectivity index (χ2n) is 3.28. The maximum atomic E-state index is 12.8. The molecule has 17 heavy (non-hydrogen) atoms. The molecule has 0 aliphatic rings. The van der Waals surface area contributed by atoms with E-state index in [1.807, 2.05) is 0 Å². The minimum absolute atomic E-state index is 0.178. The lowest BCUT2D eigenvalue weighted by molar-refractivity contribution is 0.0686. The second kappa shape index (κ2) is 4.55. The maximum Gasteiger partial charge on any atom is 0.358 e. The molecule has 2 aromatic rings. The zero-order chi connectivity index (χ0) is 12.4. The van der Waals surface area contributed by atoms with Crippen LogP contribution in [0.2, 0.25) is 5.02 Å². The highest BCUT2D eigenvalue weighted by molar-refractivity contribution is 6.31. The number of benzene rings is 1. The van der Waals surface area contributed by atoms with Crippen LogP contribution in [0, 0.1) is 0 Å². The molecule has 0 amide bonds. The lowest BCUT2D eigenvalue weighted by atomic mass is 10.1. The first kappa shape index (κ1) is 11.6. The average Bonchev–Trinajstić information content (AvgIpc) is 2.77. The van der Waals surface area contributed by atoms with Gasteiger partial charge in [0.05, 0.1) is 0 Å². The van der Waals surface area contributed by atoms with Gasteiger partial charge in [-0.3, -0.25) is 0 Å². The van der Waals surface area contributed by atoms with Gasteiger partial charge in [-0.25, -0.2) is 9.18 Å². The molecule has 0 radical (unpaired) electrons. The van der Waals surface area contributed by atoms with Crippen LogP contribution in [-0.2, 0) is 6.67 Å². The predicted octanol–water partition coefficient (Wildman–Crippen LogP) is 3.16. The Bertz CT molecular complexity index is 568. The molecular weight excluding hydrogens is 249 g/mol. The zero-order valence-electron chi connectivity index (χ0n) is 8.48. The lowest BCUT2D eigenvalue weighted by Crippen LogP contribution is -1.94. The summed E-state index contributed by atoms with van der Waals surface area (Å²) in [7, 11) is 0. The number of hydrogen-bond acceptors (Lipinski definition) is 3. The summed E-state index contributed by atoms with van der Waals surface area (Å²) in [5.41, 5.74) is 0.423. The van der Waals surface area contributed by atoms with E-state index in [4.69, 9.17) is 21.2 Å². The van der Waals surface area contributed by atoms with Crippen molar-refractivity contribution in [3.05, 3.63) is 40.5 Å². The number of nitrogens with zero attached hydrogens (tertiary/aromatic N) is 1. The Balaban J connectivity index is 2.52. The number of hydrogen-bond donors (Lipinski definition) is 1. The minimum atomic E-state index is -1.20. The summed E-state index contributed by atoms with van der Waals surface area (Å²) in [6.07, 6.45) is 0. The standard InChI is InChI=1S/C11H7ClFNO3/c12-8-3-1-2-6(7(8)5-13)10-4-9(11(15)16)14-17-10/h1-4H,5H2,(H,15,16). The van der Waals surface area contributed by atoms with Crippen LogP contribution in [0.5, 0.6) is 0 Å². The van der Waals surface area contributed by atoms with Crippen molar-refractivity contribution in [1.29, 1.82) is 0 Å². The molecule has 0 aliphatic carbocycles. The van der Waals surface area contributed by atoms with Crippen LogP contribution in [0.3, 0.4) is 0 Å². The van der Waals surface area contributed by atoms with E-state index >= 15 is 0 Å². The normalized spacial score (nSPS) is 10.5. The number of aromatic nitrogens is 1. The molecule has 4 nitrogen and oxygen atoms in total. The Morgan fingerprint density at radius 1 is 1.53 bits per heavy atom. The summed E-state index contributed by atoms with van der Waals surface area (Å²) in [5, 5.41) is 12.3. The van der Waals surface area contributed by atoms with E-state index in [1.54, 1.807) is 18.2 Å². The van der Waals surface area contributed by atoms with Gasteiger partial charge in [-0.2, -0.15) is 0 Å². The van der Waals surface area contributed by atoms with Gasteiger partial charge in [0.25, 0.3) is 0 Å². The molecule has 0 aliphatic heterocycles. The van der Waals surface area contributed by atoms with Crippen molar-refractivity contribution < 1.29 is 18.8 Å². The number of carboxylic acids is 1. The van der Waals surface area contributed by atoms with E-state index in [2.05, 4.69) is 5.16 Å². The average molecular weight is 256 g/mol. The van der Waals surface area contributed by atoms with Crippen LogP contribution in [0.4, 0.5) is 4.39 Å². The Labute approximate surface area is 101 Å². The molecule has 0 saturated heterocycles. The minimum Gasteiger partial charge on any atom is -0.476 e. The van der Waals surface area contributed by atoms with Gasteiger partial charge >= 0.3 is 5.97 Å². The van der Waals surface area contributed by atoms with Crippen molar-refractivity contribution in [1.82, 2.24) is 5.16 Å². The fourth-order valence-electron chi connectivity index (χ4n) is 1.43. The molecule has 1 N–H and O–H groups in total. The number of aromatic carboxylic acids is 1. The summed E-state index contributed by atoms with van der Waals surface area (Å²) in [4.78, 5) is 10.6. The van der Waals surface area contributed by atoms with Crippen LogP contribution >= 0.6 is 11.6 Å². The summed E-state index contributed by atoms with van der Waals surface area (Å²) in [5.74, 6) is -1.03. The molecule has 0 unspecified atom stereocenters. The third kappa shape index (κ3) is 2.14. The molecule has 0 spiro atoms. The van der Waals surface area contributed by atoms with Crippen molar-refractivity contribution in [2.24, 2.45) is 0 Å². The van der Waals surface area contributed by atoms with Crippen molar-refractivity contribution in [3.8, 4) is 11.3 Å². The molecule has 1 aromatic heterocycles. The second-order valence-corrected chi connectivity index (χ2v) is 3.69. The molecule has 6 heteroatoms. The van der Waals surface area contributed by atoms with E-state index in [9.17, 15) is 9.18 Å². The lowest BCUT2D eigenvalue weighted by Gasteiger charge is -2.04. The summed E-state index contributed by atoms with van der Waals surface area (Å²) >= 11 is 5.83. The van der Waals surface area contributed by atoms with Crippen LogP contribution in [0.1, 0.15) is 16.1 Å². The number of alkyl halides is 1. The Hall–Kier alpha value is -1.88. The first-order chi connectivity index (χ1) is 8.13. The smallest absolute Gasteiger partial charge is 0.358 e. The highest BCUT2D eigenvalue weighted by Crippen LogP contribution is 2.30. The summed E-state index contributed by atoms with van der Waals surface area (Å²) < 4.78 is 17.7. The topological polar surface area (TPSA) is 63.3 Å². The van der Waals surface area contributed by atoms with Crippen LogP contribution < -0.4 is 0 Å². The zero-order valence-corrected chi connectivity index (χ0v) is 9.24. The SMILES string of the molecule is O=C(O)c1cc(-c2cccc(Cl)c2CF)on1. The first-order valence-electron chi connectivity index (χ1n) is 4.67. The molecule has 0 bridgehead atoms. The van der Waals surface area contributed by atoms with Gasteiger partial charge in [0, 0.05) is 22.2 Å². The number of carbonyl (C=O) groups is 1. The highest BCUT2D eigenvalue weighted by Gasteiger charge is 2.16. The third-order valence-electron chi connectivity index (χ3n) is 2.25. The fraction of sp³-hybridized carbons (Fsp3) is 0.0909. The van der Waals surface area contributed by atoms with Gasteiger partial charge in [-0.05, 0) is 6.07 Å². The number of rotatable bonds is 3. The van der Waals surface area contributed by atoms with E-state index in [0.717, 1.165) is 0 Å². The number of halogens is 2. The van der Waals surface area contributed by atoms with Crippen LogP contribution in [-0.4, -0.2) is 16.2 Å². The Morgan fingerprint density at radius 2 is 2.29 bits per heavy atom. The maximum absolute atomic E-state index is 12.8.